The van der Waals surface area contributed by atoms with Crippen LogP contribution in [0.2, 0.25) is 0 Å². The average molecular weight is 305 g/mol. The van der Waals surface area contributed by atoms with E-state index in [1.54, 1.807) is 12.1 Å². The van der Waals surface area contributed by atoms with Crippen LogP contribution < -0.4 is 5.63 Å². The first-order valence-electron chi connectivity index (χ1n) is 6.17. The highest BCUT2D eigenvalue weighted by Crippen LogP contribution is 2.32. The molecule has 0 aliphatic heterocycles. The van der Waals surface area contributed by atoms with Crippen molar-refractivity contribution in [2.75, 3.05) is 7.11 Å². The summed E-state index contributed by atoms with van der Waals surface area (Å²) in [5, 5.41) is 11.3. The molecular formula is C14H11NO7. The third-order valence-electron chi connectivity index (χ3n) is 3.14. The van der Waals surface area contributed by atoms with Crippen LogP contribution in [-0.2, 0) is 14.3 Å². The number of ether oxygens (including phenoxy) is 1. The lowest BCUT2D eigenvalue weighted by molar-refractivity contribution is -0.387. The predicted molar refractivity (Wildman–Crippen MR) is 74.6 cm³/mol. The molecule has 0 spiro atoms. The molecule has 1 unspecified atom stereocenters. The Labute approximate surface area is 123 Å². The number of carbonyl (C=O) groups excluding carboxylic acids is 2. The summed E-state index contributed by atoms with van der Waals surface area (Å²) in [6.45, 7) is 1.09. The summed E-state index contributed by atoms with van der Waals surface area (Å²) in [5.41, 5.74) is -2.43. The standard InChI is InChI=1S/C14H11NO7/c1-7(16)10(13(17)21-2)11-8-5-3-4-6-9(8)22-14(18)12(11)15(19)20/h3-6,10H,1-2H3. The molecule has 8 nitrogen and oxygen atoms in total. The van der Waals surface area contributed by atoms with Crippen molar-refractivity contribution in [3.05, 3.63) is 50.4 Å². The molecule has 114 valence electrons. The van der Waals surface area contributed by atoms with E-state index in [-0.39, 0.29) is 16.5 Å². The van der Waals surface area contributed by atoms with Crippen LogP contribution >= 0.6 is 0 Å². The Balaban J connectivity index is 2.98. The number of para-hydroxylation sites is 1. The zero-order valence-corrected chi connectivity index (χ0v) is 11.7. The number of rotatable bonds is 4. The molecule has 1 heterocycles. The van der Waals surface area contributed by atoms with Gasteiger partial charge in [-0.3, -0.25) is 19.7 Å². The molecule has 0 bridgehead atoms. The second-order valence-corrected chi connectivity index (χ2v) is 4.47. The number of nitro groups is 1. The topological polar surface area (TPSA) is 117 Å². The summed E-state index contributed by atoms with van der Waals surface area (Å²) in [5.74, 6) is -3.23. The fourth-order valence-corrected chi connectivity index (χ4v) is 2.23. The van der Waals surface area contributed by atoms with Gasteiger partial charge < -0.3 is 9.15 Å². The molecule has 2 rings (SSSR count). The summed E-state index contributed by atoms with van der Waals surface area (Å²) in [7, 11) is 1.05. The molecule has 8 heteroatoms. The number of carbonyl (C=O) groups is 2. The van der Waals surface area contributed by atoms with Crippen molar-refractivity contribution in [2.45, 2.75) is 12.8 Å². The van der Waals surface area contributed by atoms with E-state index in [0.717, 1.165) is 14.0 Å². The van der Waals surface area contributed by atoms with E-state index in [9.17, 15) is 24.5 Å². The molecule has 0 saturated carbocycles. The number of hydrogen-bond acceptors (Lipinski definition) is 7. The number of ketones is 1. The maximum absolute atomic E-state index is 11.9. The van der Waals surface area contributed by atoms with E-state index in [2.05, 4.69) is 4.74 Å². The van der Waals surface area contributed by atoms with E-state index in [0.29, 0.717) is 0 Å². The first kappa shape index (κ1) is 15.4. The van der Waals surface area contributed by atoms with Crippen LogP contribution in [0.3, 0.4) is 0 Å². The fraction of sp³-hybridized carbons (Fsp3) is 0.214. The second kappa shape index (κ2) is 5.76. The summed E-state index contributed by atoms with van der Waals surface area (Å²) >= 11 is 0. The number of esters is 1. The van der Waals surface area contributed by atoms with Crippen LogP contribution in [0.5, 0.6) is 0 Å². The van der Waals surface area contributed by atoms with Crippen LogP contribution in [0, 0.1) is 10.1 Å². The van der Waals surface area contributed by atoms with Gasteiger partial charge in [-0.25, -0.2) is 4.79 Å². The zero-order valence-electron chi connectivity index (χ0n) is 11.7. The Bertz CT molecular complexity index is 837. The van der Waals surface area contributed by atoms with Crippen molar-refractivity contribution in [1.29, 1.82) is 0 Å². The molecule has 0 aliphatic carbocycles. The molecule has 0 aliphatic rings. The molecule has 1 aromatic carbocycles. The van der Waals surface area contributed by atoms with Gasteiger partial charge in [0.1, 0.15) is 17.3 Å². The Kier molecular flexibility index (Phi) is 4.02. The summed E-state index contributed by atoms with van der Waals surface area (Å²) < 4.78 is 9.41. The largest absolute Gasteiger partial charge is 0.468 e. The van der Waals surface area contributed by atoms with Gasteiger partial charge in [-0.15, -0.1) is 0 Å². The van der Waals surface area contributed by atoms with E-state index in [1.807, 2.05) is 0 Å². The summed E-state index contributed by atoms with van der Waals surface area (Å²) in [4.78, 5) is 45.8. The summed E-state index contributed by atoms with van der Waals surface area (Å²) in [6, 6.07) is 5.95. The van der Waals surface area contributed by atoms with E-state index in [4.69, 9.17) is 4.42 Å². The minimum Gasteiger partial charge on any atom is -0.468 e. The van der Waals surface area contributed by atoms with Gasteiger partial charge in [-0.05, 0) is 13.0 Å². The highest BCUT2D eigenvalue weighted by molar-refractivity contribution is 6.07. The average Bonchev–Trinajstić information content (AvgIpc) is 2.46. The Hall–Kier alpha value is -3.03. The normalized spacial score (nSPS) is 11.9. The van der Waals surface area contributed by atoms with Crippen molar-refractivity contribution in [1.82, 2.24) is 0 Å². The lowest BCUT2D eigenvalue weighted by Gasteiger charge is -2.13. The Morgan fingerprint density at radius 2 is 1.95 bits per heavy atom. The molecular weight excluding hydrogens is 294 g/mol. The molecule has 0 fully saturated rings. The maximum Gasteiger partial charge on any atom is 0.415 e. The third-order valence-corrected chi connectivity index (χ3v) is 3.14. The van der Waals surface area contributed by atoms with E-state index in [1.165, 1.54) is 12.1 Å². The van der Waals surface area contributed by atoms with Gasteiger partial charge in [0.15, 0.2) is 0 Å². The number of fused-ring (bicyclic) bond motifs is 1. The molecule has 1 atom stereocenters. The second-order valence-electron chi connectivity index (χ2n) is 4.47. The number of hydrogen-bond donors (Lipinski definition) is 0. The molecule has 22 heavy (non-hydrogen) atoms. The zero-order chi connectivity index (χ0) is 16.4. The first-order chi connectivity index (χ1) is 10.4. The van der Waals surface area contributed by atoms with Gasteiger partial charge in [0.2, 0.25) is 0 Å². The third kappa shape index (κ3) is 2.46. The fourth-order valence-electron chi connectivity index (χ4n) is 2.23. The molecule has 0 N–H and O–H groups in total. The Morgan fingerprint density at radius 1 is 1.32 bits per heavy atom. The van der Waals surface area contributed by atoms with Crippen LogP contribution in [0.15, 0.2) is 33.5 Å². The monoisotopic (exact) mass is 305 g/mol. The van der Waals surface area contributed by atoms with E-state index >= 15 is 0 Å². The molecule has 0 radical (unpaired) electrons. The van der Waals surface area contributed by atoms with Crippen LogP contribution in [0.1, 0.15) is 18.4 Å². The van der Waals surface area contributed by atoms with Crippen molar-refractivity contribution in [3.63, 3.8) is 0 Å². The first-order valence-corrected chi connectivity index (χ1v) is 6.17. The van der Waals surface area contributed by atoms with Crippen LogP contribution in [0.25, 0.3) is 11.0 Å². The van der Waals surface area contributed by atoms with Gasteiger partial charge in [0.25, 0.3) is 0 Å². The van der Waals surface area contributed by atoms with Crippen molar-refractivity contribution < 1.29 is 23.7 Å². The highest BCUT2D eigenvalue weighted by atomic mass is 16.6. The van der Waals surface area contributed by atoms with Crippen molar-refractivity contribution in [2.24, 2.45) is 0 Å². The minimum atomic E-state index is -1.57. The molecule has 1 aromatic heterocycles. The minimum absolute atomic E-state index is 0.0447. The number of Topliss-reactive ketones (excluding diaryl/α,β-unsaturated/α-hetero) is 1. The van der Waals surface area contributed by atoms with Crippen LogP contribution in [0.4, 0.5) is 5.69 Å². The smallest absolute Gasteiger partial charge is 0.415 e. The van der Waals surface area contributed by atoms with Gasteiger partial charge in [-0.1, -0.05) is 18.2 Å². The number of benzene rings is 1. The lowest BCUT2D eigenvalue weighted by Crippen LogP contribution is -2.25. The van der Waals surface area contributed by atoms with Crippen LogP contribution in [-0.4, -0.2) is 23.8 Å². The number of methoxy groups -OCH3 is 1. The highest BCUT2D eigenvalue weighted by Gasteiger charge is 2.37. The van der Waals surface area contributed by atoms with Gasteiger partial charge in [0, 0.05) is 5.39 Å². The van der Waals surface area contributed by atoms with Gasteiger partial charge in [0.05, 0.1) is 17.6 Å². The van der Waals surface area contributed by atoms with Gasteiger partial charge in [-0.2, -0.15) is 0 Å². The molecule has 2 aromatic rings. The summed E-state index contributed by atoms with van der Waals surface area (Å²) in [6.07, 6.45) is 0. The molecule has 0 saturated heterocycles. The van der Waals surface area contributed by atoms with Crippen molar-refractivity contribution in [3.8, 4) is 0 Å². The quantitative estimate of drug-likeness (QED) is 0.276. The Morgan fingerprint density at radius 3 is 2.50 bits per heavy atom. The van der Waals surface area contributed by atoms with E-state index < -0.39 is 33.9 Å². The van der Waals surface area contributed by atoms with Crippen molar-refractivity contribution >= 4 is 28.4 Å². The molecule has 0 amide bonds. The maximum atomic E-state index is 11.9. The lowest BCUT2D eigenvalue weighted by atomic mass is 9.91. The SMILES string of the molecule is COC(=O)C(C(C)=O)c1c([N+](=O)[O-])c(=O)oc2ccccc12. The van der Waals surface area contributed by atoms with Gasteiger partial charge >= 0.3 is 17.3 Å². The number of nitrogens with zero attached hydrogens (tertiary/aromatic N) is 1. The predicted octanol–water partition coefficient (Wildman–Crippen LogP) is 1.55.